The highest BCUT2D eigenvalue weighted by Gasteiger charge is 2.23. The van der Waals surface area contributed by atoms with E-state index in [2.05, 4.69) is 20.4 Å². The maximum atomic E-state index is 12.8. The Morgan fingerprint density at radius 1 is 1.23 bits per heavy atom. The van der Waals surface area contributed by atoms with Crippen LogP contribution in [-0.4, -0.2) is 40.7 Å². The van der Waals surface area contributed by atoms with Crippen molar-refractivity contribution in [3.05, 3.63) is 81.6 Å². The standard InChI is InChI=1S/C21H20ClN7O2/c22-15-3-5-18-25-17(13-27(18)12-15)20(30)24-16-4-6-19-26-29(21(31)28(19)9-7-16)11-14-2-1-8-23-10-14/h1-3,5,8,10,12-13,16H,4,6-7,9,11H2,(H,24,30). The highest BCUT2D eigenvalue weighted by atomic mass is 35.5. The van der Waals surface area contributed by atoms with Gasteiger partial charge in [0.2, 0.25) is 0 Å². The fourth-order valence-corrected chi connectivity index (χ4v) is 4.04. The van der Waals surface area contributed by atoms with Gasteiger partial charge in [0.25, 0.3) is 5.91 Å². The summed E-state index contributed by atoms with van der Waals surface area (Å²) in [5.74, 6) is 0.506. The fourth-order valence-electron chi connectivity index (χ4n) is 3.87. The lowest BCUT2D eigenvalue weighted by Gasteiger charge is -2.15. The first-order chi connectivity index (χ1) is 15.1. The SMILES string of the molecule is O=C(NC1CCc2nn(Cc3cccnc3)c(=O)n2CC1)c1cn2cc(Cl)ccc2n1. The van der Waals surface area contributed by atoms with Crippen LogP contribution in [0.2, 0.25) is 5.02 Å². The number of imidazole rings is 1. The number of amides is 1. The molecule has 31 heavy (non-hydrogen) atoms. The van der Waals surface area contributed by atoms with E-state index in [4.69, 9.17) is 11.6 Å². The summed E-state index contributed by atoms with van der Waals surface area (Å²) in [5, 5.41) is 8.13. The van der Waals surface area contributed by atoms with E-state index in [0.717, 1.165) is 11.4 Å². The van der Waals surface area contributed by atoms with E-state index < -0.39 is 0 Å². The predicted octanol–water partition coefficient (Wildman–Crippen LogP) is 1.92. The molecule has 5 rings (SSSR count). The van der Waals surface area contributed by atoms with E-state index in [-0.39, 0.29) is 17.6 Å². The van der Waals surface area contributed by atoms with Gasteiger partial charge in [-0.3, -0.25) is 14.3 Å². The third-order valence-electron chi connectivity index (χ3n) is 5.45. The van der Waals surface area contributed by atoms with Crippen LogP contribution >= 0.6 is 11.6 Å². The van der Waals surface area contributed by atoms with Crippen LogP contribution in [0.5, 0.6) is 0 Å². The molecule has 1 atom stereocenters. The van der Waals surface area contributed by atoms with Crippen LogP contribution < -0.4 is 11.0 Å². The topological polar surface area (TPSA) is 99.1 Å². The number of carbonyl (C=O) groups is 1. The van der Waals surface area contributed by atoms with Gasteiger partial charge in [-0.25, -0.2) is 14.5 Å². The van der Waals surface area contributed by atoms with Gasteiger partial charge in [0.05, 0.1) is 11.6 Å². The molecule has 0 radical (unpaired) electrons. The van der Waals surface area contributed by atoms with Crippen LogP contribution in [0.4, 0.5) is 0 Å². The van der Waals surface area contributed by atoms with Crippen LogP contribution in [0.15, 0.2) is 53.8 Å². The van der Waals surface area contributed by atoms with Gasteiger partial charge >= 0.3 is 5.69 Å². The molecule has 1 amide bonds. The lowest BCUT2D eigenvalue weighted by atomic mass is 10.1. The predicted molar refractivity (Wildman–Crippen MR) is 114 cm³/mol. The second kappa shape index (κ2) is 7.99. The third kappa shape index (κ3) is 3.96. The number of aromatic nitrogens is 6. The molecule has 0 aliphatic carbocycles. The van der Waals surface area contributed by atoms with E-state index in [1.165, 1.54) is 4.68 Å². The zero-order valence-electron chi connectivity index (χ0n) is 16.6. The maximum absolute atomic E-state index is 12.8. The number of hydrogen-bond donors (Lipinski definition) is 1. The largest absolute Gasteiger partial charge is 0.348 e. The number of rotatable bonds is 4. The molecule has 1 N–H and O–H groups in total. The van der Waals surface area contributed by atoms with Gasteiger partial charge in [-0.15, -0.1) is 0 Å². The van der Waals surface area contributed by atoms with E-state index in [1.807, 2.05) is 12.1 Å². The Balaban J connectivity index is 1.27. The molecule has 4 aromatic rings. The Hall–Kier alpha value is -3.46. The molecule has 0 bridgehead atoms. The van der Waals surface area contributed by atoms with Gasteiger partial charge in [-0.2, -0.15) is 5.10 Å². The molecular formula is C21H20ClN7O2. The van der Waals surface area contributed by atoms with Crippen molar-refractivity contribution in [1.82, 2.24) is 34.0 Å². The van der Waals surface area contributed by atoms with E-state index >= 15 is 0 Å². The summed E-state index contributed by atoms with van der Waals surface area (Å²) in [7, 11) is 0. The van der Waals surface area contributed by atoms with Crippen molar-refractivity contribution in [2.24, 2.45) is 0 Å². The fraction of sp³-hybridized carbons (Fsp3) is 0.286. The van der Waals surface area contributed by atoms with Gasteiger partial charge in [0, 0.05) is 43.8 Å². The third-order valence-corrected chi connectivity index (χ3v) is 5.68. The Morgan fingerprint density at radius 3 is 2.97 bits per heavy atom. The van der Waals surface area contributed by atoms with Crippen LogP contribution in [0.1, 0.15) is 34.7 Å². The molecule has 1 unspecified atom stereocenters. The number of carbonyl (C=O) groups excluding carboxylic acids is 1. The molecule has 0 spiro atoms. The summed E-state index contributed by atoms with van der Waals surface area (Å²) in [4.78, 5) is 33.9. The molecule has 10 heteroatoms. The van der Waals surface area contributed by atoms with Crippen molar-refractivity contribution in [3.63, 3.8) is 0 Å². The summed E-state index contributed by atoms with van der Waals surface area (Å²) in [6, 6.07) is 7.20. The lowest BCUT2D eigenvalue weighted by molar-refractivity contribution is 0.0928. The van der Waals surface area contributed by atoms with E-state index in [9.17, 15) is 9.59 Å². The van der Waals surface area contributed by atoms with Gasteiger partial charge in [0.1, 0.15) is 17.2 Å². The molecule has 5 heterocycles. The zero-order chi connectivity index (χ0) is 21.4. The quantitative estimate of drug-likeness (QED) is 0.526. The van der Waals surface area contributed by atoms with Crippen LogP contribution in [0.25, 0.3) is 5.65 Å². The van der Waals surface area contributed by atoms with E-state index in [0.29, 0.717) is 48.7 Å². The van der Waals surface area contributed by atoms with Crippen molar-refractivity contribution < 1.29 is 4.79 Å². The summed E-state index contributed by atoms with van der Waals surface area (Å²) in [6.07, 6.45) is 8.77. The summed E-state index contributed by atoms with van der Waals surface area (Å²) >= 11 is 6.00. The number of pyridine rings is 2. The van der Waals surface area contributed by atoms with Crippen LogP contribution in [-0.2, 0) is 19.5 Å². The summed E-state index contributed by atoms with van der Waals surface area (Å²) in [6.45, 7) is 0.900. The second-order valence-corrected chi connectivity index (χ2v) is 8.04. The number of halogens is 1. The lowest BCUT2D eigenvalue weighted by Crippen LogP contribution is -2.36. The van der Waals surface area contributed by atoms with Crippen molar-refractivity contribution in [3.8, 4) is 0 Å². The monoisotopic (exact) mass is 437 g/mol. The van der Waals surface area contributed by atoms with Crippen molar-refractivity contribution >= 4 is 23.2 Å². The summed E-state index contributed by atoms with van der Waals surface area (Å²) < 4.78 is 4.91. The van der Waals surface area contributed by atoms with E-state index in [1.54, 1.807) is 45.9 Å². The molecule has 4 aromatic heterocycles. The smallest absolute Gasteiger partial charge is 0.346 e. The van der Waals surface area contributed by atoms with Crippen molar-refractivity contribution in [2.45, 2.75) is 38.4 Å². The van der Waals surface area contributed by atoms with Gasteiger partial charge in [-0.05, 0) is 36.6 Å². The molecule has 1 aliphatic heterocycles. The molecule has 158 valence electrons. The second-order valence-electron chi connectivity index (χ2n) is 7.61. The minimum absolute atomic E-state index is 0.0613. The Kier molecular flexibility index (Phi) is 5.03. The van der Waals surface area contributed by atoms with Crippen molar-refractivity contribution in [2.75, 3.05) is 0 Å². The first-order valence-corrected chi connectivity index (χ1v) is 10.5. The Morgan fingerprint density at radius 2 is 2.13 bits per heavy atom. The number of nitrogens with one attached hydrogen (secondary N) is 1. The molecule has 9 nitrogen and oxygen atoms in total. The number of aryl methyl sites for hydroxylation is 1. The van der Waals surface area contributed by atoms with Gasteiger partial charge in [0.15, 0.2) is 0 Å². The molecule has 1 aliphatic rings. The molecule has 0 saturated heterocycles. The average Bonchev–Trinajstić information content (AvgIpc) is 3.25. The highest BCUT2D eigenvalue weighted by molar-refractivity contribution is 6.30. The van der Waals surface area contributed by atoms with Crippen molar-refractivity contribution in [1.29, 1.82) is 0 Å². The number of hydrogen-bond acceptors (Lipinski definition) is 5. The number of fused-ring (bicyclic) bond motifs is 2. The van der Waals surface area contributed by atoms with Crippen LogP contribution in [0, 0.1) is 0 Å². The molecule has 0 fully saturated rings. The molecule has 0 saturated carbocycles. The van der Waals surface area contributed by atoms with Gasteiger partial charge in [-0.1, -0.05) is 17.7 Å². The zero-order valence-corrected chi connectivity index (χ0v) is 17.4. The maximum Gasteiger partial charge on any atom is 0.346 e. The molecular weight excluding hydrogens is 418 g/mol. The number of nitrogens with zero attached hydrogens (tertiary/aromatic N) is 6. The Bertz CT molecular complexity index is 1310. The summed E-state index contributed by atoms with van der Waals surface area (Å²) in [5.41, 5.74) is 1.78. The van der Waals surface area contributed by atoms with Crippen LogP contribution in [0.3, 0.4) is 0 Å². The first-order valence-electron chi connectivity index (χ1n) is 10.1. The average molecular weight is 438 g/mol. The molecule has 0 aromatic carbocycles. The normalized spacial score (nSPS) is 16.1. The minimum atomic E-state index is -0.238. The Labute approximate surface area is 182 Å². The highest BCUT2D eigenvalue weighted by Crippen LogP contribution is 2.15. The minimum Gasteiger partial charge on any atom is -0.348 e. The first kappa shape index (κ1) is 19.5. The van der Waals surface area contributed by atoms with Gasteiger partial charge < -0.3 is 9.72 Å².